The number of benzene rings is 2. The molecule has 0 radical (unpaired) electrons. The fourth-order valence-electron chi connectivity index (χ4n) is 3.23. The van der Waals surface area contributed by atoms with Gasteiger partial charge in [0.05, 0.1) is 26.7 Å². The van der Waals surface area contributed by atoms with Gasteiger partial charge in [-0.1, -0.05) is 35.4 Å². The highest BCUT2D eigenvalue weighted by atomic mass is 16.5. The molecular formula is C22H27NO5. The van der Waals surface area contributed by atoms with Gasteiger partial charge in [-0.3, -0.25) is 9.59 Å². The summed E-state index contributed by atoms with van der Waals surface area (Å²) in [6.07, 6.45) is 0.664. The first-order chi connectivity index (χ1) is 13.3. The lowest BCUT2D eigenvalue weighted by Gasteiger charge is -2.19. The van der Waals surface area contributed by atoms with Crippen molar-refractivity contribution in [3.05, 3.63) is 58.7 Å². The topological polar surface area (TPSA) is 84.9 Å². The van der Waals surface area contributed by atoms with Crippen LogP contribution < -0.4 is 14.8 Å². The summed E-state index contributed by atoms with van der Waals surface area (Å²) in [5.74, 6) is -0.157. The largest absolute Gasteiger partial charge is 0.493 e. The van der Waals surface area contributed by atoms with Gasteiger partial charge in [0.25, 0.3) is 0 Å². The zero-order valence-corrected chi connectivity index (χ0v) is 16.7. The van der Waals surface area contributed by atoms with Gasteiger partial charge in [-0.15, -0.1) is 0 Å². The van der Waals surface area contributed by atoms with Crippen molar-refractivity contribution in [2.24, 2.45) is 0 Å². The van der Waals surface area contributed by atoms with Crippen molar-refractivity contribution < 1.29 is 24.2 Å². The van der Waals surface area contributed by atoms with E-state index in [0.717, 1.165) is 16.7 Å². The Kier molecular flexibility index (Phi) is 7.44. The third kappa shape index (κ3) is 6.01. The first-order valence-electron chi connectivity index (χ1n) is 9.12. The van der Waals surface area contributed by atoms with E-state index in [-0.39, 0.29) is 18.7 Å². The Balaban J connectivity index is 2.10. The molecule has 0 aliphatic rings. The van der Waals surface area contributed by atoms with Gasteiger partial charge >= 0.3 is 5.97 Å². The molecule has 150 valence electrons. The molecule has 0 saturated heterocycles. The molecule has 1 amide bonds. The minimum atomic E-state index is -0.991. The maximum Gasteiger partial charge on any atom is 0.305 e. The summed E-state index contributed by atoms with van der Waals surface area (Å²) in [5.41, 5.74) is 4.06. The molecule has 2 rings (SSSR count). The number of rotatable bonds is 9. The second kappa shape index (κ2) is 9.78. The van der Waals surface area contributed by atoms with Crippen molar-refractivity contribution >= 4 is 11.9 Å². The van der Waals surface area contributed by atoms with Gasteiger partial charge in [0.15, 0.2) is 11.5 Å². The number of carbonyl (C=O) groups is 2. The number of nitrogens with one attached hydrogen (secondary N) is 1. The van der Waals surface area contributed by atoms with Crippen LogP contribution >= 0.6 is 0 Å². The summed E-state index contributed by atoms with van der Waals surface area (Å²) in [6.45, 7) is 4.05. The van der Waals surface area contributed by atoms with Crippen molar-refractivity contribution in [2.45, 2.75) is 39.2 Å². The number of aryl methyl sites for hydroxylation is 3. The predicted molar refractivity (Wildman–Crippen MR) is 107 cm³/mol. The van der Waals surface area contributed by atoms with E-state index in [2.05, 4.69) is 23.5 Å². The number of carbonyl (C=O) groups excluding carboxylic acids is 1. The lowest BCUT2D eigenvalue weighted by atomic mass is 10.0. The molecule has 1 atom stereocenters. The molecule has 0 aliphatic carbocycles. The Morgan fingerprint density at radius 1 is 1.00 bits per heavy atom. The maximum absolute atomic E-state index is 12.5. The van der Waals surface area contributed by atoms with Gasteiger partial charge in [-0.05, 0) is 43.5 Å². The quantitative estimate of drug-likeness (QED) is 0.689. The van der Waals surface area contributed by atoms with Gasteiger partial charge in [0.1, 0.15) is 0 Å². The van der Waals surface area contributed by atoms with Crippen LogP contribution in [0.25, 0.3) is 0 Å². The lowest BCUT2D eigenvalue weighted by molar-refractivity contribution is -0.137. The molecule has 0 fully saturated rings. The summed E-state index contributed by atoms with van der Waals surface area (Å²) >= 11 is 0. The average Bonchev–Trinajstić information content (AvgIpc) is 2.64. The third-order valence-electron chi connectivity index (χ3n) is 4.45. The van der Waals surface area contributed by atoms with E-state index in [1.54, 1.807) is 18.2 Å². The van der Waals surface area contributed by atoms with Crippen LogP contribution in [0, 0.1) is 13.8 Å². The van der Waals surface area contributed by atoms with Crippen LogP contribution in [-0.2, 0) is 16.0 Å². The number of carboxylic acids is 1. The molecule has 6 nitrogen and oxygen atoms in total. The van der Waals surface area contributed by atoms with Crippen molar-refractivity contribution in [3.63, 3.8) is 0 Å². The number of amides is 1. The lowest BCUT2D eigenvalue weighted by Crippen LogP contribution is -2.30. The Morgan fingerprint density at radius 3 is 2.21 bits per heavy atom. The van der Waals surface area contributed by atoms with Gasteiger partial charge in [0, 0.05) is 6.42 Å². The molecular weight excluding hydrogens is 358 g/mol. The van der Waals surface area contributed by atoms with Crippen LogP contribution in [-0.4, -0.2) is 31.2 Å². The number of aliphatic carboxylic acids is 1. The highest BCUT2D eigenvalue weighted by Gasteiger charge is 2.20. The number of methoxy groups -OCH3 is 2. The fraction of sp³-hybridized carbons (Fsp3) is 0.364. The first-order valence-corrected chi connectivity index (χ1v) is 9.12. The zero-order valence-electron chi connectivity index (χ0n) is 16.7. The van der Waals surface area contributed by atoms with Crippen LogP contribution in [0.2, 0.25) is 0 Å². The molecule has 28 heavy (non-hydrogen) atoms. The van der Waals surface area contributed by atoms with Gasteiger partial charge in [0.2, 0.25) is 5.91 Å². The molecule has 0 spiro atoms. The second-order valence-electron chi connectivity index (χ2n) is 6.83. The van der Waals surface area contributed by atoms with E-state index in [0.29, 0.717) is 23.5 Å². The van der Waals surface area contributed by atoms with Crippen LogP contribution in [0.5, 0.6) is 11.5 Å². The Hall–Kier alpha value is -3.02. The molecule has 0 aliphatic heterocycles. The Morgan fingerprint density at radius 2 is 1.64 bits per heavy atom. The van der Waals surface area contributed by atoms with Crippen molar-refractivity contribution in [1.82, 2.24) is 5.32 Å². The maximum atomic E-state index is 12.5. The monoisotopic (exact) mass is 385 g/mol. The van der Waals surface area contributed by atoms with Crippen molar-refractivity contribution in [1.29, 1.82) is 0 Å². The predicted octanol–water partition coefficient (Wildman–Crippen LogP) is 3.59. The number of carboxylic acid groups (broad SMARTS) is 1. The van der Waals surface area contributed by atoms with Crippen LogP contribution in [0.15, 0.2) is 36.4 Å². The van der Waals surface area contributed by atoms with Gasteiger partial charge in [-0.25, -0.2) is 0 Å². The fourth-order valence-corrected chi connectivity index (χ4v) is 3.23. The summed E-state index contributed by atoms with van der Waals surface area (Å²) < 4.78 is 10.5. The van der Waals surface area contributed by atoms with Gasteiger partial charge in [-0.2, -0.15) is 0 Å². The van der Waals surface area contributed by atoms with E-state index in [1.165, 1.54) is 14.2 Å². The van der Waals surface area contributed by atoms with E-state index in [9.17, 15) is 14.7 Å². The minimum Gasteiger partial charge on any atom is -0.493 e. The van der Waals surface area contributed by atoms with Crippen LogP contribution in [0.4, 0.5) is 0 Å². The third-order valence-corrected chi connectivity index (χ3v) is 4.45. The smallest absolute Gasteiger partial charge is 0.305 e. The van der Waals surface area contributed by atoms with Crippen molar-refractivity contribution in [2.75, 3.05) is 14.2 Å². The van der Waals surface area contributed by atoms with Crippen LogP contribution in [0.1, 0.15) is 41.1 Å². The standard InChI is InChI=1S/C22H27NO5/c1-14-9-15(2)11-16(10-14)5-8-21(24)23-18(13-22(25)26)17-6-7-19(27-3)20(12-17)28-4/h6-7,9-12,18H,5,8,13H2,1-4H3,(H,23,24)(H,25,26). The van der Waals surface area contributed by atoms with E-state index >= 15 is 0 Å². The zero-order chi connectivity index (χ0) is 20.7. The minimum absolute atomic E-state index is 0.194. The Labute approximate surface area is 165 Å². The highest BCUT2D eigenvalue weighted by Crippen LogP contribution is 2.31. The second-order valence-corrected chi connectivity index (χ2v) is 6.83. The first kappa shape index (κ1) is 21.3. The molecule has 0 heterocycles. The summed E-state index contributed by atoms with van der Waals surface area (Å²) in [4.78, 5) is 23.8. The molecule has 2 N–H and O–H groups in total. The SMILES string of the molecule is COc1ccc(C(CC(=O)O)NC(=O)CCc2cc(C)cc(C)c2)cc1OC. The molecule has 0 bridgehead atoms. The van der Waals surface area contributed by atoms with Crippen molar-refractivity contribution in [3.8, 4) is 11.5 Å². The highest BCUT2D eigenvalue weighted by molar-refractivity contribution is 5.78. The van der Waals surface area contributed by atoms with Crippen LogP contribution in [0.3, 0.4) is 0 Å². The number of hydrogen-bond donors (Lipinski definition) is 2. The number of hydrogen-bond acceptors (Lipinski definition) is 4. The van der Waals surface area contributed by atoms with E-state index < -0.39 is 12.0 Å². The molecule has 0 aromatic heterocycles. The van der Waals surface area contributed by atoms with E-state index in [4.69, 9.17) is 9.47 Å². The number of ether oxygens (including phenoxy) is 2. The molecule has 0 saturated carbocycles. The molecule has 2 aromatic carbocycles. The van der Waals surface area contributed by atoms with Gasteiger partial charge < -0.3 is 19.9 Å². The summed E-state index contributed by atoms with van der Waals surface area (Å²) in [6, 6.07) is 10.7. The summed E-state index contributed by atoms with van der Waals surface area (Å²) in [7, 11) is 3.04. The molecule has 1 unspecified atom stereocenters. The summed E-state index contributed by atoms with van der Waals surface area (Å²) in [5, 5.41) is 12.1. The molecule has 6 heteroatoms. The normalized spacial score (nSPS) is 11.6. The van der Waals surface area contributed by atoms with E-state index in [1.807, 2.05) is 13.8 Å². The molecule has 2 aromatic rings. The average molecular weight is 385 g/mol. The Bertz CT molecular complexity index is 827.